The number of carbonyl (C=O) groups is 1. The molecule has 1 atom stereocenters. The Hall–Kier alpha value is -2.54. The Morgan fingerprint density at radius 3 is 2.77 bits per heavy atom. The van der Waals surface area contributed by atoms with Crippen molar-refractivity contribution in [2.75, 3.05) is 44.3 Å². The molecular weight excluding hydrogens is 330 g/mol. The van der Waals surface area contributed by atoms with Crippen LogP contribution in [0.2, 0.25) is 0 Å². The van der Waals surface area contributed by atoms with Crippen molar-refractivity contribution >= 4 is 11.7 Å². The minimum absolute atomic E-state index is 0.0711. The highest BCUT2D eigenvalue weighted by Gasteiger charge is 2.40. The summed E-state index contributed by atoms with van der Waals surface area (Å²) in [6.45, 7) is 4.43. The SMILES string of the molecule is O=C(c1ccncc1)N1CCC[C@@]2(COCCN(c3cnccn3)C2)C1. The van der Waals surface area contributed by atoms with Gasteiger partial charge in [-0.05, 0) is 25.0 Å². The van der Waals surface area contributed by atoms with E-state index in [1.807, 2.05) is 4.90 Å². The molecule has 0 radical (unpaired) electrons. The summed E-state index contributed by atoms with van der Waals surface area (Å²) >= 11 is 0. The zero-order valence-corrected chi connectivity index (χ0v) is 14.8. The van der Waals surface area contributed by atoms with Crippen LogP contribution in [0.4, 0.5) is 5.82 Å². The van der Waals surface area contributed by atoms with Crippen molar-refractivity contribution in [1.82, 2.24) is 19.9 Å². The van der Waals surface area contributed by atoms with Crippen molar-refractivity contribution in [2.45, 2.75) is 12.8 Å². The molecule has 4 heterocycles. The van der Waals surface area contributed by atoms with Gasteiger partial charge in [-0.25, -0.2) is 4.98 Å². The molecule has 26 heavy (non-hydrogen) atoms. The second-order valence-electron chi connectivity index (χ2n) is 7.10. The van der Waals surface area contributed by atoms with Crippen LogP contribution in [0.5, 0.6) is 0 Å². The fraction of sp³-hybridized carbons (Fsp3) is 0.474. The third-order valence-corrected chi connectivity index (χ3v) is 5.19. The van der Waals surface area contributed by atoms with Crippen LogP contribution in [0.3, 0.4) is 0 Å². The number of hydrogen-bond donors (Lipinski definition) is 0. The van der Waals surface area contributed by atoms with Crippen molar-refractivity contribution in [2.24, 2.45) is 5.41 Å². The van der Waals surface area contributed by atoms with Crippen molar-refractivity contribution < 1.29 is 9.53 Å². The molecule has 7 heteroatoms. The Labute approximate surface area is 153 Å². The quantitative estimate of drug-likeness (QED) is 0.817. The number of hydrogen-bond acceptors (Lipinski definition) is 6. The van der Waals surface area contributed by atoms with Crippen LogP contribution in [0.25, 0.3) is 0 Å². The molecule has 4 rings (SSSR count). The Morgan fingerprint density at radius 1 is 1.08 bits per heavy atom. The van der Waals surface area contributed by atoms with E-state index in [1.165, 1.54) is 0 Å². The normalized spacial score (nSPS) is 23.7. The zero-order chi connectivity index (χ0) is 17.8. The predicted molar refractivity (Wildman–Crippen MR) is 96.9 cm³/mol. The van der Waals surface area contributed by atoms with Gasteiger partial charge in [0, 0.05) is 61.9 Å². The van der Waals surface area contributed by atoms with Gasteiger partial charge in [-0.2, -0.15) is 0 Å². The topological polar surface area (TPSA) is 71.5 Å². The molecule has 2 aliphatic rings. The molecule has 0 unspecified atom stereocenters. The van der Waals surface area contributed by atoms with Gasteiger partial charge in [-0.1, -0.05) is 0 Å². The van der Waals surface area contributed by atoms with Gasteiger partial charge in [0.2, 0.25) is 0 Å². The molecular formula is C19H23N5O2. The number of likely N-dealkylation sites (tertiary alicyclic amines) is 1. The van der Waals surface area contributed by atoms with E-state index >= 15 is 0 Å². The van der Waals surface area contributed by atoms with Crippen molar-refractivity contribution in [3.8, 4) is 0 Å². The van der Waals surface area contributed by atoms with Crippen LogP contribution in [-0.2, 0) is 4.74 Å². The number of pyridine rings is 1. The first-order chi connectivity index (χ1) is 12.8. The number of ether oxygens (including phenoxy) is 1. The van der Waals surface area contributed by atoms with Gasteiger partial charge < -0.3 is 14.5 Å². The lowest BCUT2D eigenvalue weighted by Crippen LogP contribution is -2.52. The summed E-state index contributed by atoms with van der Waals surface area (Å²) in [5.74, 6) is 0.941. The molecule has 2 aromatic rings. The number of anilines is 1. The molecule has 2 fully saturated rings. The van der Waals surface area contributed by atoms with Gasteiger partial charge in [-0.15, -0.1) is 0 Å². The largest absolute Gasteiger partial charge is 0.379 e. The molecule has 0 N–H and O–H groups in total. The summed E-state index contributed by atoms with van der Waals surface area (Å²) < 4.78 is 5.94. The first-order valence-electron chi connectivity index (χ1n) is 9.04. The van der Waals surface area contributed by atoms with Gasteiger partial charge in [0.05, 0.1) is 19.4 Å². The lowest BCUT2D eigenvalue weighted by molar-refractivity contribution is 0.0135. The second kappa shape index (κ2) is 7.37. The van der Waals surface area contributed by atoms with Gasteiger partial charge in [0.25, 0.3) is 5.91 Å². The van der Waals surface area contributed by atoms with Crippen LogP contribution in [0, 0.1) is 5.41 Å². The summed E-state index contributed by atoms with van der Waals surface area (Å²) in [5, 5.41) is 0. The molecule has 0 aromatic carbocycles. The van der Waals surface area contributed by atoms with Crippen molar-refractivity contribution in [3.05, 3.63) is 48.7 Å². The van der Waals surface area contributed by atoms with E-state index in [0.29, 0.717) is 25.3 Å². The molecule has 2 saturated heterocycles. The molecule has 136 valence electrons. The standard InChI is InChI=1S/C19H23N5O2/c25-18(16-2-5-20-6-3-16)24-9-1-4-19(14-24)13-23(10-11-26-15-19)17-12-21-7-8-22-17/h2-3,5-8,12H,1,4,9-11,13-15H2/t19-/m0/s1. The molecule has 0 bridgehead atoms. The van der Waals surface area contributed by atoms with Gasteiger partial charge in [0.1, 0.15) is 5.82 Å². The van der Waals surface area contributed by atoms with E-state index in [-0.39, 0.29) is 11.3 Å². The molecule has 2 aliphatic heterocycles. The summed E-state index contributed by atoms with van der Waals surface area (Å²) in [4.78, 5) is 29.7. The van der Waals surface area contributed by atoms with E-state index in [9.17, 15) is 4.79 Å². The highest BCUT2D eigenvalue weighted by molar-refractivity contribution is 5.94. The smallest absolute Gasteiger partial charge is 0.253 e. The monoisotopic (exact) mass is 353 g/mol. The predicted octanol–water partition coefficient (Wildman–Crippen LogP) is 1.63. The number of piperidine rings is 1. The van der Waals surface area contributed by atoms with E-state index in [0.717, 1.165) is 38.3 Å². The Balaban J connectivity index is 1.53. The maximum absolute atomic E-state index is 12.9. The first-order valence-corrected chi connectivity index (χ1v) is 9.04. The minimum atomic E-state index is -0.0744. The highest BCUT2D eigenvalue weighted by atomic mass is 16.5. The van der Waals surface area contributed by atoms with Gasteiger partial charge in [0.15, 0.2) is 0 Å². The molecule has 1 amide bonds. The lowest BCUT2D eigenvalue weighted by Gasteiger charge is -2.43. The van der Waals surface area contributed by atoms with E-state index in [4.69, 9.17) is 4.74 Å². The second-order valence-corrected chi connectivity index (χ2v) is 7.10. The number of rotatable bonds is 2. The van der Waals surface area contributed by atoms with E-state index in [2.05, 4.69) is 19.9 Å². The van der Waals surface area contributed by atoms with Crippen LogP contribution >= 0.6 is 0 Å². The number of nitrogens with zero attached hydrogens (tertiary/aromatic N) is 5. The Kier molecular flexibility index (Phi) is 4.79. The molecule has 2 aromatic heterocycles. The molecule has 0 aliphatic carbocycles. The number of amides is 1. The maximum atomic E-state index is 12.9. The minimum Gasteiger partial charge on any atom is -0.379 e. The zero-order valence-electron chi connectivity index (χ0n) is 14.8. The number of aromatic nitrogens is 3. The van der Waals surface area contributed by atoms with E-state index < -0.39 is 0 Å². The average molecular weight is 353 g/mol. The summed E-state index contributed by atoms with van der Waals surface area (Å²) in [5.41, 5.74) is 0.618. The van der Waals surface area contributed by atoms with Crippen LogP contribution in [0.15, 0.2) is 43.1 Å². The van der Waals surface area contributed by atoms with Gasteiger partial charge >= 0.3 is 0 Å². The maximum Gasteiger partial charge on any atom is 0.253 e. The summed E-state index contributed by atoms with van der Waals surface area (Å²) in [7, 11) is 0. The average Bonchev–Trinajstić information content (AvgIpc) is 2.91. The first kappa shape index (κ1) is 16.9. The lowest BCUT2D eigenvalue weighted by atomic mass is 9.80. The fourth-order valence-corrected chi connectivity index (χ4v) is 3.95. The van der Waals surface area contributed by atoms with Gasteiger partial charge in [-0.3, -0.25) is 14.8 Å². The fourth-order valence-electron chi connectivity index (χ4n) is 3.95. The highest BCUT2D eigenvalue weighted by Crippen LogP contribution is 2.34. The summed E-state index contributed by atoms with van der Waals surface area (Å²) in [6, 6.07) is 3.55. The Bertz CT molecular complexity index is 742. The van der Waals surface area contributed by atoms with Crippen LogP contribution in [0.1, 0.15) is 23.2 Å². The summed E-state index contributed by atoms with van der Waals surface area (Å²) in [6.07, 6.45) is 10.5. The molecule has 0 saturated carbocycles. The number of carbonyl (C=O) groups excluding carboxylic acids is 1. The molecule has 1 spiro atoms. The van der Waals surface area contributed by atoms with Crippen molar-refractivity contribution in [3.63, 3.8) is 0 Å². The third-order valence-electron chi connectivity index (χ3n) is 5.19. The van der Waals surface area contributed by atoms with Crippen LogP contribution in [-0.4, -0.2) is 65.2 Å². The van der Waals surface area contributed by atoms with E-state index in [1.54, 1.807) is 43.1 Å². The van der Waals surface area contributed by atoms with Crippen LogP contribution < -0.4 is 4.90 Å². The van der Waals surface area contributed by atoms with Crippen molar-refractivity contribution in [1.29, 1.82) is 0 Å². The Morgan fingerprint density at radius 2 is 1.96 bits per heavy atom. The third kappa shape index (κ3) is 3.53. The molecule has 7 nitrogen and oxygen atoms in total.